The van der Waals surface area contributed by atoms with Gasteiger partial charge in [-0.05, 0) is 78.1 Å². The second-order valence-corrected chi connectivity index (χ2v) is 12.5. The molecular formula is C23H35N3O5S. The van der Waals surface area contributed by atoms with E-state index in [2.05, 4.69) is 0 Å². The van der Waals surface area contributed by atoms with Crippen LogP contribution in [0.1, 0.15) is 60.5 Å². The molecule has 0 N–H and O–H groups in total. The topological polar surface area (TPSA) is 87.2 Å². The number of carbonyl (C=O) groups is 2. The average Bonchev–Trinajstić information content (AvgIpc) is 3.25. The molecule has 2 aliphatic rings. The molecule has 9 heteroatoms. The van der Waals surface area contributed by atoms with E-state index in [9.17, 15) is 18.0 Å². The lowest BCUT2D eigenvalue weighted by Gasteiger charge is -2.40. The number of hydrogen-bond acceptors (Lipinski definition) is 5. The Kier molecular flexibility index (Phi) is 6.38. The predicted molar refractivity (Wildman–Crippen MR) is 123 cm³/mol. The summed E-state index contributed by atoms with van der Waals surface area (Å²) in [5.41, 5.74) is 0.487. The summed E-state index contributed by atoms with van der Waals surface area (Å²) in [5.74, 6) is -0.0499. The highest BCUT2D eigenvalue weighted by Gasteiger charge is 2.42. The van der Waals surface area contributed by atoms with Crippen LogP contribution in [0, 0.1) is 0 Å². The van der Waals surface area contributed by atoms with Crippen LogP contribution in [0.4, 0.5) is 10.5 Å². The van der Waals surface area contributed by atoms with Crippen LogP contribution in [0.5, 0.6) is 0 Å². The molecule has 1 saturated heterocycles. The van der Waals surface area contributed by atoms with Gasteiger partial charge in [0.2, 0.25) is 15.9 Å². The summed E-state index contributed by atoms with van der Waals surface area (Å²) in [6, 6.07) is 4.68. The van der Waals surface area contributed by atoms with Crippen LogP contribution in [0.3, 0.4) is 0 Å². The molecule has 0 aromatic heterocycles. The lowest BCUT2D eigenvalue weighted by Crippen LogP contribution is -2.54. The zero-order valence-electron chi connectivity index (χ0n) is 20.1. The summed E-state index contributed by atoms with van der Waals surface area (Å²) >= 11 is 0. The molecule has 3 rings (SSSR count). The Balaban J connectivity index is 1.82. The highest BCUT2D eigenvalue weighted by atomic mass is 32.2. The van der Waals surface area contributed by atoms with Gasteiger partial charge in [-0.2, -0.15) is 4.31 Å². The summed E-state index contributed by atoms with van der Waals surface area (Å²) in [6.45, 7) is 13.9. The standard InChI is InChI=1S/C23H35N3O5S/c1-16(27)25-13-10-17-14-19(8-9-20(17)25)32(29,30)24-12-11-18(15-24)26(22(2,3)4)21(28)31-23(5,6)7/h8-9,14,18H,10-13,15H2,1-7H3/t18-/m1/s1. The number of anilines is 1. The molecule has 1 aromatic rings. The molecule has 1 aromatic carbocycles. The molecule has 1 atom stereocenters. The maximum absolute atomic E-state index is 13.4. The Hall–Kier alpha value is -2.13. The second-order valence-electron chi connectivity index (χ2n) is 10.5. The number of nitrogens with zero attached hydrogens (tertiary/aromatic N) is 3. The number of carbonyl (C=O) groups excluding carboxylic acids is 2. The maximum Gasteiger partial charge on any atom is 0.411 e. The largest absolute Gasteiger partial charge is 0.444 e. The monoisotopic (exact) mass is 465 g/mol. The van der Waals surface area contributed by atoms with Crippen molar-refractivity contribution >= 4 is 27.7 Å². The van der Waals surface area contributed by atoms with Gasteiger partial charge >= 0.3 is 6.09 Å². The van der Waals surface area contributed by atoms with Gasteiger partial charge in [0.05, 0.1) is 10.9 Å². The molecule has 8 nitrogen and oxygen atoms in total. The zero-order valence-corrected chi connectivity index (χ0v) is 21.0. The molecule has 0 spiro atoms. The number of rotatable bonds is 3. The minimum absolute atomic E-state index is 0.0499. The number of benzene rings is 1. The highest BCUT2D eigenvalue weighted by Crippen LogP contribution is 2.33. The van der Waals surface area contributed by atoms with E-state index in [0.29, 0.717) is 25.9 Å². The number of ether oxygens (including phenoxy) is 1. The summed E-state index contributed by atoms with van der Waals surface area (Å²) in [7, 11) is -3.72. The lowest BCUT2D eigenvalue weighted by atomic mass is 10.0. The third kappa shape index (κ3) is 4.93. The van der Waals surface area contributed by atoms with E-state index >= 15 is 0 Å². The number of sulfonamides is 1. The van der Waals surface area contributed by atoms with Crippen molar-refractivity contribution < 1.29 is 22.7 Å². The first-order valence-electron chi connectivity index (χ1n) is 11.0. The van der Waals surface area contributed by atoms with Gasteiger partial charge in [0.15, 0.2) is 0 Å². The van der Waals surface area contributed by atoms with Crippen molar-refractivity contribution in [2.75, 3.05) is 24.5 Å². The Morgan fingerprint density at radius 2 is 1.75 bits per heavy atom. The number of fused-ring (bicyclic) bond motifs is 1. The Morgan fingerprint density at radius 1 is 1.09 bits per heavy atom. The first kappa shape index (κ1) is 24.5. The Morgan fingerprint density at radius 3 is 2.31 bits per heavy atom. The third-order valence-electron chi connectivity index (χ3n) is 5.77. The van der Waals surface area contributed by atoms with Crippen molar-refractivity contribution in [1.82, 2.24) is 9.21 Å². The summed E-state index contributed by atoms with van der Waals surface area (Å²) in [6.07, 6.45) is 0.743. The molecule has 2 amide bonds. The fraction of sp³-hybridized carbons (Fsp3) is 0.652. The van der Waals surface area contributed by atoms with Crippen molar-refractivity contribution in [1.29, 1.82) is 0 Å². The van der Waals surface area contributed by atoms with Gasteiger partial charge < -0.3 is 9.64 Å². The summed E-state index contributed by atoms with van der Waals surface area (Å²) in [4.78, 5) is 28.3. The van der Waals surface area contributed by atoms with Gasteiger partial charge in [0, 0.05) is 37.8 Å². The molecule has 1 fully saturated rings. The van der Waals surface area contributed by atoms with Crippen LogP contribution in [-0.4, -0.2) is 66.4 Å². The smallest absolute Gasteiger partial charge is 0.411 e. The van der Waals surface area contributed by atoms with E-state index < -0.39 is 27.3 Å². The highest BCUT2D eigenvalue weighted by molar-refractivity contribution is 7.89. The fourth-order valence-electron chi connectivity index (χ4n) is 4.44. The number of amides is 2. The van der Waals surface area contributed by atoms with Gasteiger partial charge in [-0.1, -0.05) is 0 Å². The molecule has 0 radical (unpaired) electrons. The molecule has 0 aliphatic carbocycles. The van der Waals surface area contributed by atoms with Gasteiger partial charge in [-0.3, -0.25) is 9.69 Å². The molecule has 32 heavy (non-hydrogen) atoms. The van der Waals surface area contributed by atoms with Crippen LogP contribution < -0.4 is 4.90 Å². The average molecular weight is 466 g/mol. The van der Waals surface area contributed by atoms with E-state index in [-0.39, 0.29) is 23.4 Å². The summed E-state index contributed by atoms with van der Waals surface area (Å²) < 4.78 is 33.8. The molecule has 178 valence electrons. The van der Waals surface area contributed by atoms with E-state index in [1.807, 2.05) is 41.5 Å². The molecule has 0 unspecified atom stereocenters. The SMILES string of the molecule is CC(=O)N1CCc2cc(S(=O)(=O)N3CC[C@@H](N(C(=O)OC(C)(C)C)C(C)(C)C)C3)ccc21. The van der Waals surface area contributed by atoms with Crippen LogP contribution in [-0.2, 0) is 26.0 Å². The normalized spacial score (nSPS) is 19.7. The second kappa shape index (κ2) is 8.33. The van der Waals surface area contributed by atoms with Crippen LogP contribution in [0.15, 0.2) is 23.1 Å². The lowest BCUT2D eigenvalue weighted by molar-refractivity contribution is -0.116. The van der Waals surface area contributed by atoms with E-state index in [1.54, 1.807) is 28.0 Å². The van der Waals surface area contributed by atoms with Gasteiger partial charge in [0.25, 0.3) is 0 Å². The zero-order chi connectivity index (χ0) is 24.1. The molecule has 2 heterocycles. The van der Waals surface area contributed by atoms with E-state index in [0.717, 1.165) is 11.3 Å². The van der Waals surface area contributed by atoms with Crippen LogP contribution in [0.25, 0.3) is 0 Å². The quantitative estimate of drug-likeness (QED) is 0.683. The maximum atomic E-state index is 13.4. The van der Waals surface area contributed by atoms with E-state index in [4.69, 9.17) is 4.74 Å². The van der Waals surface area contributed by atoms with E-state index in [1.165, 1.54) is 11.2 Å². The first-order valence-corrected chi connectivity index (χ1v) is 12.5. The first-order chi connectivity index (χ1) is 14.6. The van der Waals surface area contributed by atoms with Crippen molar-refractivity contribution in [2.45, 2.75) is 83.4 Å². The Labute approximate surface area is 191 Å². The van der Waals surface area contributed by atoms with Crippen LogP contribution in [0.2, 0.25) is 0 Å². The minimum atomic E-state index is -3.72. The number of hydrogen-bond donors (Lipinski definition) is 0. The minimum Gasteiger partial charge on any atom is -0.444 e. The molecular weight excluding hydrogens is 430 g/mol. The Bertz CT molecular complexity index is 1010. The van der Waals surface area contributed by atoms with Gasteiger partial charge in [0.1, 0.15) is 5.60 Å². The molecule has 0 bridgehead atoms. The van der Waals surface area contributed by atoms with Crippen molar-refractivity contribution in [2.24, 2.45) is 0 Å². The molecule has 2 aliphatic heterocycles. The van der Waals surface area contributed by atoms with Crippen LogP contribution >= 0.6 is 0 Å². The molecule has 0 saturated carbocycles. The van der Waals surface area contributed by atoms with Crippen molar-refractivity contribution in [3.63, 3.8) is 0 Å². The van der Waals surface area contributed by atoms with Gasteiger partial charge in [-0.15, -0.1) is 0 Å². The van der Waals surface area contributed by atoms with Crippen molar-refractivity contribution in [3.8, 4) is 0 Å². The van der Waals surface area contributed by atoms with Crippen molar-refractivity contribution in [3.05, 3.63) is 23.8 Å². The third-order valence-corrected chi connectivity index (χ3v) is 7.63. The van der Waals surface area contributed by atoms with Gasteiger partial charge in [-0.25, -0.2) is 13.2 Å². The summed E-state index contributed by atoms with van der Waals surface area (Å²) in [5, 5.41) is 0. The fourth-order valence-corrected chi connectivity index (χ4v) is 5.98. The predicted octanol–water partition coefficient (Wildman–Crippen LogP) is 3.39.